The first-order chi connectivity index (χ1) is 7.63. The molecule has 2 atom stereocenters. The summed E-state index contributed by atoms with van der Waals surface area (Å²) in [6.45, 7) is 2.20. The molecular weight excluding hydrogens is 277 g/mol. The van der Waals surface area contributed by atoms with E-state index in [-0.39, 0.29) is 42.9 Å². The standard InChI is InChI=1S/C11H23N3O2.2ClH/c1-14(2)7-3-6-13-11(15)10-5-4-9(8-12)16-10;;/h9-10H,3-8,12H2,1-2H3,(H,13,15);2*1H/t9-,10+;;/m1../s1. The minimum Gasteiger partial charge on any atom is -0.364 e. The van der Waals surface area contributed by atoms with Crippen LogP contribution >= 0.6 is 24.8 Å². The van der Waals surface area contributed by atoms with E-state index in [4.69, 9.17) is 10.5 Å². The Labute approximate surface area is 122 Å². The van der Waals surface area contributed by atoms with E-state index >= 15 is 0 Å². The number of hydrogen-bond donors (Lipinski definition) is 2. The third-order valence-corrected chi connectivity index (χ3v) is 2.74. The lowest BCUT2D eigenvalue weighted by Gasteiger charge is -2.13. The largest absolute Gasteiger partial charge is 0.364 e. The van der Waals surface area contributed by atoms with Gasteiger partial charge in [-0.3, -0.25) is 4.79 Å². The molecule has 0 bridgehead atoms. The van der Waals surface area contributed by atoms with Crippen LogP contribution in [0.25, 0.3) is 0 Å². The third kappa shape index (κ3) is 7.38. The van der Waals surface area contributed by atoms with Crippen molar-refractivity contribution in [3.63, 3.8) is 0 Å². The van der Waals surface area contributed by atoms with E-state index in [1.54, 1.807) is 0 Å². The van der Waals surface area contributed by atoms with Gasteiger partial charge in [-0.2, -0.15) is 0 Å². The Morgan fingerprint density at radius 1 is 1.39 bits per heavy atom. The molecular formula is C11H25Cl2N3O2. The van der Waals surface area contributed by atoms with Crippen LogP contribution in [0.1, 0.15) is 19.3 Å². The Bertz CT molecular complexity index is 230. The molecule has 1 amide bonds. The van der Waals surface area contributed by atoms with Crippen LogP contribution in [0.3, 0.4) is 0 Å². The molecule has 0 aromatic carbocycles. The fourth-order valence-corrected chi connectivity index (χ4v) is 1.79. The van der Waals surface area contributed by atoms with Crippen molar-refractivity contribution >= 4 is 30.7 Å². The summed E-state index contributed by atoms with van der Waals surface area (Å²) in [5, 5.41) is 2.89. The second-order valence-electron chi connectivity index (χ2n) is 4.51. The van der Waals surface area contributed by atoms with Gasteiger partial charge in [-0.15, -0.1) is 24.8 Å². The van der Waals surface area contributed by atoms with E-state index in [1.165, 1.54) is 0 Å². The zero-order chi connectivity index (χ0) is 12.0. The number of amides is 1. The average molecular weight is 302 g/mol. The first kappa shape index (κ1) is 20.3. The van der Waals surface area contributed by atoms with E-state index in [2.05, 4.69) is 10.2 Å². The fraction of sp³-hybridized carbons (Fsp3) is 0.909. The van der Waals surface area contributed by atoms with Gasteiger partial charge in [-0.1, -0.05) is 0 Å². The molecule has 0 aromatic rings. The molecule has 0 aromatic heterocycles. The highest BCUT2D eigenvalue weighted by Gasteiger charge is 2.29. The summed E-state index contributed by atoms with van der Waals surface area (Å²) >= 11 is 0. The van der Waals surface area contributed by atoms with Gasteiger partial charge in [0.2, 0.25) is 5.91 Å². The molecule has 0 aliphatic carbocycles. The van der Waals surface area contributed by atoms with Crippen LogP contribution in [0.4, 0.5) is 0 Å². The molecule has 0 radical (unpaired) electrons. The van der Waals surface area contributed by atoms with Gasteiger partial charge < -0.3 is 20.7 Å². The molecule has 1 aliphatic rings. The van der Waals surface area contributed by atoms with Crippen LogP contribution in [0.2, 0.25) is 0 Å². The summed E-state index contributed by atoms with van der Waals surface area (Å²) in [7, 11) is 4.04. The number of nitrogens with one attached hydrogen (secondary N) is 1. The van der Waals surface area contributed by atoms with Gasteiger partial charge in [-0.05, 0) is 39.9 Å². The zero-order valence-corrected chi connectivity index (χ0v) is 12.7. The molecule has 18 heavy (non-hydrogen) atoms. The number of hydrogen-bond acceptors (Lipinski definition) is 4. The molecule has 5 nitrogen and oxygen atoms in total. The third-order valence-electron chi connectivity index (χ3n) is 2.74. The van der Waals surface area contributed by atoms with Gasteiger partial charge in [0.1, 0.15) is 6.10 Å². The predicted molar refractivity (Wildman–Crippen MR) is 77.6 cm³/mol. The van der Waals surface area contributed by atoms with Gasteiger partial charge in [0.15, 0.2) is 0 Å². The average Bonchev–Trinajstić information content (AvgIpc) is 2.72. The van der Waals surface area contributed by atoms with Crippen LogP contribution in [-0.2, 0) is 9.53 Å². The molecule has 1 rings (SSSR count). The molecule has 1 heterocycles. The monoisotopic (exact) mass is 301 g/mol. The van der Waals surface area contributed by atoms with Gasteiger partial charge in [-0.25, -0.2) is 0 Å². The Morgan fingerprint density at radius 3 is 2.56 bits per heavy atom. The van der Waals surface area contributed by atoms with Crippen LogP contribution in [0, 0.1) is 0 Å². The van der Waals surface area contributed by atoms with E-state index < -0.39 is 0 Å². The molecule has 0 spiro atoms. The lowest BCUT2D eigenvalue weighted by molar-refractivity contribution is -0.131. The van der Waals surface area contributed by atoms with E-state index in [0.29, 0.717) is 13.1 Å². The summed E-state index contributed by atoms with van der Waals surface area (Å²) in [6.07, 6.45) is 2.44. The van der Waals surface area contributed by atoms with Crippen molar-refractivity contribution in [2.45, 2.75) is 31.5 Å². The molecule has 7 heteroatoms. The number of nitrogens with two attached hydrogens (primary N) is 1. The Hall–Kier alpha value is -0.0700. The summed E-state index contributed by atoms with van der Waals surface area (Å²) in [5.74, 6) is 0.00899. The minimum absolute atomic E-state index is 0. The number of nitrogens with zero attached hydrogens (tertiary/aromatic N) is 1. The number of carbonyl (C=O) groups excluding carboxylic acids is 1. The quantitative estimate of drug-likeness (QED) is 0.697. The Morgan fingerprint density at radius 2 is 2.06 bits per heavy atom. The lowest BCUT2D eigenvalue weighted by atomic mass is 10.2. The van der Waals surface area contributed by atoms with Crippen molar-refractivity contribution < 1.29 is 9.53 Å². The van der Waals surface area contributed by atoms with Crippen molar-refractivity contribution in [2.24, 2.45) is 5.73 Å². The maximum atomic E-state index is 11.7. The van der Waals surface area contributed by atoms with E-state index in [1.807, 2.05) is 14.1 Å². The van der Waals surface area contributed by atoms with Crippen LogP contribution in [0.5, 0.6) is 0 Å². The number of rotatable bonds is 6. The molecule has 1 fully saturated rings. The molecule has 0 saturated carbocycles. The van der Waals surface area contributed by atoms with Crippen LogP contribution in [-0.4, -0.2) is 56.7 Å². The smallest absolute Gasteiger partial charge is 0.249 e. The SMILES string of the molecule is CN(C)CCCNC(=O)[C@@H]1CC[C@H](CN)O1.Cl.Cl. The second-order valence-corrected chi connectivity index (χ2v) is 4.51. The highest BCUT2D eigenvalue weighted by atomic mass is 35.5. The molecule has 3 N–H and O–H groups in total. The maximum Gasteiger partial charge on any atom is 0.249 e. The van der Waals surface area contributed by atoms with Crippen LogP contribution < -0.4 is 11.1 Å². The highest BCUT2D eigenvalue weighted by molar-refractivity contribution is 5.85. The maximum absolute atomic E-state index is 11.7. The first-order valence-electron chi connectivity index (χ1n) is 5.91. The van der Waals surface area contributed by atoms with Crippen molar-refractivity contribution in [1.29, 1.82) is 0 Å². The van der Waals surface area contributed by atoms with Crippen molar-refractivity contribution in [2.75, 3.05) is 33.7 Å². The zero-order valence-electron chi connectivity index (χ0n) is 11.1. The van der Waals surface area contributed by atoms with E-state index in [9.17, 15) is 4.79 Å². The van der Waals surface area contributed by atoms with Crippen molar-refractivity contribution in [1.82, 2.24) is 10.2 Å². The molecule has 110 valence electrons. The number of halogens is 2. The molecule has 0 unspecified atom stereocenters. The lowest BCUT2D eigenvalue weighted by Crippen LogP contribution is -2.36. The Kier molecular flexibility index (Phi) is 12.2. The van der Waals surface area contributed by atoms with Gasteiger partial charge in [0, 0.05) is 13.1 Å². The van der Waals surface area contributed by atoms with Crippen molar-refractivity contribution in [3.05, 3.63) is 0 Å². The van der Waals surface area contributed by atoms with Crippen LogP contribution in [0.15, 0.2) is 0 Å². The van der Waals surface area contributed by atoms with Gasteiger partial charge in [0.05, 0.1) is 6.10 Å². The summed E-state index contributed by atoms with van der Waals surface area (Å²) in [6, 6.07) is 0. The summed E-state index contributed by atoms with van der Waals surface area (Å²) in [5.41, 5.74) is 5.49. The van der Waals surface area contributed by atoms with Crippen molar-refractivity contribution in [3.8, 4) is 0 Å². The number of ether oxygens (including phenoxy) is 1. The normalized spacial score (nSPS) is 22.2. The molecule has 1 saturated heterocycles. The minimum atomic E-state index is -0.284. The topological polar surface area (TPSA) is 67.6 Å². The molecule has 1 aliphatic heterocycles. The Balaban J connectivity index is 0. The fourth-order valence-electron chi connectivity index (χ4n) is 1.79. The van der Waals surface area contributed by atoms with E-state index in [0.717, 1.165) is 25.8 Å². The van der Waals surface area contributed by atoms with Gasteiger partial charge in [0.25, 0.3) is 0 Å². The first-order valence-corrected chi connectivity index (χ1v) is 5.91. The number of carbonyl (C=O) groups is 1. The summed E-state index contributed by atoms with van der Waals surface area (Å²) in [4.78, 5) is 13.8. The second kappa shape index (κ2) is 10.8. The highest BCUT2D eigenvalue weighted by Crippen LogP contribution is 2.18. The predicted octanol–water partition coefficient (Wildman–Crippen LogP) is 0.404. The van der Waals surface area contributed by atoms with Gasteiger partial charge >= 0.3 is 0 Å². The summed E-state index contributed by atoms with van der Waals surface area (Å²) < 4.78 is 5.50.